The van der Waals surface area contributed by atoms with E-state index in [0.29, 0.717) is 6.04 Å². The van der Waals surface area contributed by atoms with Crippen molar-refractivity contribution in [1.29, 1.82) is 0 Å². The molecule has 2 aromatic rings. The molecule has 0 radical (unpaired) electrons. The predicted molar refractivity (Wildman–Crippen MR) is 96.7 cm³/mol. The van der Waals surface area contributed by atoms with Crippen LogP contribution in [0.2, 0.25) is 0 Å². The zero-order chi connectivity index (χ0) is 16.7. The lowest BCUT2D eigenvalue weighted by Gasteiger charge is -2.24. The number of rotatable bonds is 6. The summed E-state index contributed by atoms with van der Waals surface area (Å²) in [7, 11) is 2.13. The van der Waals surface area contributed by atoms with Crippen LogP contribution in [0.5, 0.6) is 0 Å². The number of hydrogen-bond acceptors (Lipinski definition) is 1. The molecule has 1 unspecified atom stereocenters. The summed E-state index contributed by atoms with van der Waals surface area (Å²) in [6.07, 6.45) is 5.09. The number of benzene rings is 2. The number of nitrogens with zero attached hydrogens (tertiary/aromatic N) is 1. The highest BCUT2D eigenvalue weighted by Crippen LogP contribution is 2.21. The van der Waals surface area contributed by atoms with Gasteiger partial charge in [0.25, 0.3) is 0 Å². The summed E-state index contributed by atoms with van der Waals surface area (Å²) in [5.41, 5.74) is 1.25. The summed E-state index contributed by atoms with van der Waals surface area (Å²) in [5, 5.41) is 2.18. The molecule has 1 heteroatoms. The van der Waals surface area contributed by atoms with Gasteiger partial charge in [-0.05, 0) is 35.9 Å². The lowest BCUT2D eigenvalue weighted by molar-refractivity contribution is 0.267. The minimum atomic E-state index is 0.238. The maximum absolute atomic E-state index is 8.06. The molecular formula is C21H25N. The molecule has 0 aliphatic heterocycles. The number of hydrogen-bond donors (Lipinski definition) is 0. The predicted octanol–water partition coefficient (Wildman–Crippen LogP) is 5.02. The molecule has 0 aliphatic carbocycles. The largest absolute Gasteiger partial charge is 0.289 e. The van der Waals surface area contributed by atoms with E-state index < -0.39 is 0 Å². The van der Waals surface area contributed by atoms with Crippen molar-refractivity contribution in [3.8, 4) is 11.8 Å². The Bertz CT molecular complexity index is 723. The van der Waals surface area contributed by atoms with Gasteiger partial charge in [-0.1, -0.05) is 80.6 Å². The van der Waals surface area contributed by atoms with Crippen molar-refractivity contribution in [2.75, 3.05) is 7.05 Å². The van der Waals surface area contributed by atoms with Crippen LogP contribution in [0.3, 0.4) is 0 Å². The van der Waals surface area contributed by atoms with Crippen molar-refractivity contribution in [3.63, 3.8) is 0 Å². The normalized spacial score (nSPS) is 12.6. The summed E-state index contributed by atoms with van der Waals surface area (Å²) >= 11 is 0. The highest BCUT2D eigenvalue weighted by atomic mass is 15.1. The van der Waals surface area contributed by atoms with Crippen LogP contribution < -0.4 is 0 Å². The summed E-state index contributed by atoms with van der Waals surface area (Å²) in [6.45, 7) is 6.74. The quantitative estimate of drug-likeness (QED) is 0.676. The van der Waals surface area contributed by atoms with Crippen LogP contribution in [0, 0.1) is 11.8 Å². The van der Waals surface area contributed by atoms with E-state index in [9.17, 15) is 0 Å². The highest BCUT2D eigenvalue weighted by molar-refractivity contribution is 5.85. The SMILES string of the molecule is [3H]c1ccc(CN(C)C(C#CC=C)CCCC)c2ccccc12. The lowest BCUT2D eigenvalue weighted by Crippen LogP contribution is -2.30. The van der Waals surface area contributed by atoms with Crippen LogP contribution in [-0.4, -0.2) is 18.0 Å². The van der Waals surface area contributed by atoms with E-state index in [4.69, 9.17) is 1.37 Å². The summed E-state index contributed by atoms with van der Waals surface area (Å²) in [5.74, 6) is 6.32. The Kier molecular flexibility index (Phi) is 5.69. The molecule has 0 amide bonds. The molecule has 0 aliphatic rings. The van der Waals surface area contributed by atoms with E-state index in [-0.39, 0.29) is 6.04 Å². The molecule has 0 bridgehead atoms. The molecule has 2 aromatic carbocycles. The van der Waals surface area contributed by atoms with Crippen molar-refractivity contribution >= 4 is 10.8 Å². The second-order valence-corrected chi connectivity index (χ2v) is 5.61. The molecule has 0 N–H and O–H groups in total. The van der Waals surface area contributed by atoms with Crippen LogP contribution in [-0.2, 0) is 6.54 Å². The average molecular weight is 293 g/mol. The first kappa shape index (κ1) is 14.9. The van der Waals surface area contributed by atoms with E-state index in [1.54, 1.807) is 6.08 Å². The Hall–Kier alpha value is -2.04. The zero-order valence-corrected chi connectivity index (χ0v) is 13.6. The molecule has 1 nitrogen and oxygen atoms in total. The van der Waals surface area contributed by atoms with Crippen molar-refractivity contribution in [2.24, 2.45) is 0 Å². The topological polar surface area (TPSA) is 3.24 Å². The van der Waals surface area contributed by atoms with Crippen LogP contribution >= 0.6 is 0 Å². The summed E-state index contributed by atoms with van der Waals surface area (Å²) in [6, 6.07) is 12.9. The van der Waals surface area contributed by atoms with Crippen LogP contribution in [0.4, 0.5) is 0 Å². The molecule has 0 saturated carbocycles. The maximum atomic E-state index is 8.06. The van der Waals surface area contributed by atoms with Gasteiger partial charge in [-0.3, -0.25) is 4.90 Å². The van der Waals surface area contributed by atoms with Gasteiger partial charge in [0.2, 0.25) is 0 Å². The molecule has 22 heavy (non-hydrogen) atoms. The fourth-order valence-corrected chi connectivity index (χ4v) is 2.68. The summed E-state index contributed by atoms with van der Waals surface area (Å²) < 4.78 is 8.06. The van der Waals surface area contributed by atoms with Gasteiger partial charge < -0.3 is 0 Å². The van der Waals surface area contributed by atoms with Gasteiger partial charge in [-0.2, -0.15) is 0 Å². The second-order valence-electron chi connectivity index (χ2n) is 5.61. The maximum Gasteiger partial charge on any atom is 0.0718 e. The first-order chi connectivity index (χ1) is 11.2. The minimum Gasteiger partial charge on any atom is -0.289 e. The molecule has 0 fully saturated rings. The molecule has 0 heterocycles. The Morgan fingerprint density at radius 2 is 2.14 bits per heavy atom. The molecule has 0 aromatic heterocycles. The van der Waals surface area contributed by atoms with Gasteiger partial charge in [0.05, 0.1) is 7.41 Å². The van der Waals surface area contributed by atoms with Crippen LogP contribution in [0.25, 0.3) is 10.8 Å². The first-order valence-electron chi connectivity index (χ1n) is 8.46. The van der Waals surface area contributed by atoms with Crippen molar-refractivity contribution in [1.82, 2.24) is 4.90 Å². The lowest BCUT2D eigenvalue weighted by atomic mass is 10.0. The van der Waals surface area contributed by atoms with Gasteiger partial charge in [-0.25, -0.2) is 0 Å². The second kappa shape index (κ2) is 8.41. The van der Waals surface area contributed by atoms with Crippen LogP contribution in [0.1, 0.15) is 33.1 Å². The Balaban J connectivity index is 2.25. The fourth-order valence-electron chi connectivity index (χ4n) is 2.68. The smallest absolute Gasteiger partial charge is 0.0718 e. The molecule has 2 rings (SSSR count). The minimum absolute atomic E-state index is 0.238. The number of allylic oxidation sites excluding steroid dienone is 1. The van der Waals surface area contributed by atoms with E-state index in [1.165, 1.54) is 18.4 Å². The van der Waals surface area contributed by atoms with Crippen molar-refractivity contribution in [3.05, 3.63) is 60.7 Å². The number of unbranched alkanes of at least 4 members (excludes halogenated alkanes) is 1. The molecule has 0 spiro atoms. The number of fused-ring (bicyclic) bond motifs is 1. The molecular weight excluding hydrogens is 266 g/mol. The standard InChI is InChI=1S/C21H25N/c1-4-6-14-20(15-7-5-2)22(3)17-19-13-10-12-18-11-8-9-16-21(18)19/h4,8-13,16,20H,1,5,7,15,17H2,2-3H3/i12T. The van der Waals surface area contributed by atoms with Gasteiger partial charge in [0.1, 0.15) is 0 Å². The molecule has 114 valence electrons. The Morgan fingerprint density at radius 1 is 1.32 bits per heavy atom. The van der Waals surface area contributed by atoms with Gasteiger partial charge in [-0.15, -0.1) is 0 Å². The highest BCUT2D eigenvalue weighted by Gasteiger charge is 2.13. The Labute approximate surface area is 136 Å². The molecule has 0 saturated heterocycles. The van der Waals surface area contributed by atoms with E-state index in [1.807, 2.05) is 24.3 Å². The van der Waals surface area contributed by atoms with E-state index in [0.717, 1.165) is 23.7 Å². The van der Waals surface area contributed by atoms with Crippen molar-refractivity contribution in [2.45, 2.75) is 38.8 Å². The van der Waals surface area contributed by atoms with E-state index >= 15 is 0 Å². The third kappa shape index (κ3) is 4.23. The average Bonchev–Trinajstić information content (AvgIpc) is 2.57. The molecule has 1 atom stereocenters. The fraction of sp³-hybridized carbons (Fsp3) is 0.333. The van der Waals surface area contributed by atoms with Crippen molar-refractivity contribution < 1.29 is 1.37 Å². The summed E-state index contributed by atoms with van der Waals surface area (Å²) in [4.78, 5) is 2.30. The van der Waals surface area contributed by atoms with E-state index in [2.05, 4.69) is 49.4 Å². The third-order valence-electron chi connectivity index (χ3n) is 3.93. The first-order valence-corrected chi connectivity index (χ1v) is 7.96. The van der Waals surface area contributed by atoms with Crippen LogP contribution in [0.15, 0.2) is 55.1 Å². The van der Waals surface area contributed by atoms with Gasteiger partial charge >= 0.3 is 0 Å². The van der Waals surface area contributed by atoms with Gasteiger partial charge in [0.15, 0.2) is 0 Å². The van der Waals surface area contributed by atoms with Gasteiger partial charge in [0, 0.05) is 6.54 Å². The third-order valence-corrected chi connectivity index (χ3v) is 3.93. The zero-order valence-electron chi connectivity index (χ0n) is 14.6. The monoisotopic (exact) mass is 293 g/mol. The Morgan fingerprint density at radius 3 is 2.91 bits per heavy atom.